The molecule has 0 aromatic heterocycles. The molecular weight excluding hydrogens is 280 g/mol. The van der Waals surface area contributed by atoms with Crippen LogP contribution in [-0.4, -0.2) is 55.9 Å². The van der Waals surface area contributed by atoms with Crippen LogP contribution in [0.2, 0.25) is 5.02 Å². The van der Waals surface area contributed by atoms with Gasteiger partial charge in [0.1, 0.15) is 0 Å². The highest BCUT2D eigenvalue weighted by atomic mass is 35.5. The Bertz CT molecular complexity index is 454. The first kappa shape index (κ1) is 16.9. The average molecular weight is 301 g/mol. The normalized spacial score (nSPS) is 12.5. The number of benzene rings is 1. The molecule has 1 amide bonds. The van der Waals surface area contributed by atoms with Gasteiger partial charge in [0, 0.05) is 24.4 Å². The maximum atomic E-state index is 11.8. The first-order valence-electron chi connectivity index (χ1n) is 6.34. The SMILES string of the molecule is COCC(O)CN(C)CC(=O)Nc1ccc(C)c(Cl)c1. The lowest BCUT2D eigenvalue weighted by Crippen LogP contribution is -2.37. The number of carbonyl (C=O) groups excluding carboxylic acids is 1. The van der Waals surface area contributed by atoms with E-state index in [-0.39, 0.29) is 19.1 Å². The van der Waals surface area contributed by atoms with Crippen molar-refractivity contribution in [3.63, 3.8) is 0 Å². The first-order valence-corrected chi connectivity index (χ1v) is 6.71. The Hall–Kier alpha value is -1.14. The Balaban J connectivity index is 2.44. The zero-order valence-electron chi connectivity index (χ0n) is 12.0. The summed E-state index contributed by atoms with van der Waals surface area (Å²) in [7, 11) is 3.29. The number of aliphatic hydroxyl groups excluding tert-OH is 1. The summed E-state index contributed by atoms with van der Waals surface area (Å²) in [6, 6.07) is 5.37. The number of hydrogen-bond donors (Lipinski definition) is 2. The molecule has 5 nitrogen and oxygen atoms in total. The number of rotatable bonds is 7. The fraction of sp³-hybridized carbons (Fsp3) is 0.500. The molecule has 112 valence electrons. The molecule has 0 saturated heterocycles. The molecule has 1 aromatic rings. The Morgan fingerprint density at radius 2 is 2.25 bits per heavy atom. The largest absolute Gasteiger partial charge is 0.389 e. The van der Waals surface area contributed by atoms with Crippen molar-refractivity contribution in [2.24, 2.45) is 0 Å². The van der Waals surface area contributed by atoms with E-state index in [1.165, 1.54) is 7.11 Å². The van der Waals surface area contributed by atoms with Crippen molar-refractivity contribution < 1.29 is 14.6 Å². The highest BCUT2D eigenvalue weighted by Crippen LogP contribution is 2.19. The topological polar surface area (TPSA) is 61.8 Å². The molecule has 0 fully saturated rings. The van der Waals surface area contributed by atoms with Gasteiger partial charge in [-0.05, 0) is 31.7 Å². The van der Waals surface area contributed by atoms with Crippen molar-refractivity contribution in [2.45, 2.75) is 13.0 Å². The summed E-state index contributed by atoms with van der Waals surface area (Å²) >= 11 is 6.00. The van der Waals surface area contributed by atoms with E-state index in [0.29, 0.717) is 17.3 Å². The van der Waals surface area contributed by atoms with Gasteiger partial charge in [0.15, 0.2) is 0 Å². The summed E-state index contributed by atoms with van der Waals surface area (Å²) in [4.78, 5) is 13.6. The molecule has 0 aliphatic heterocycles. The second-order valence-electron chi connectivity index (χ2n) is 4.82. The van der Waals surface area contributed by atoms with Crippen LogP contribution >= 0.6 is 11.6 Å². The number of nitrogens with zero attached hydrogens (tertiary/aromatic N) is 1. The van der Waals surface area contributed by atoms with Crippen molar-refractivity contribution in [1.82, 2.24) is 4.90 Å². The van der Waals surface area contributed by atoms with Crippen LogP contribution in [0.5, 0.6) is 0 Å². The zero-order valence-corrected chi connectivity index (χ0v) is 12.8. The van der Waals surface area contributed by atoms with Gasteiger partial charge in [0.2, 0.25) is 5.91 Å². The van der Waals surface area contributed by atoms with E-state index < -0.39 is 6.10 Å². The number of likely N-dealkylation sites (N-methyl/N-ethyl adjacent to an activating group) is 1. The Morgan fingerprint density at radius 3 is 2.85 bits per heavy atom. The van der Waals surface area contributed by atoms with Gasteiger partial charge in [-0.3, -0.25) is 9.69 Å². The number of aryl methyl sites for hydroxylation is 1. The van der Waals surface area contributed by atoms with Crippen molar-refractivity contribution in [3.05, 3.63) is 28.8 Å². The quantitative estimate of drug-likeness (QED) is 0.801. The minimum atomic E-state index is -0.605. The number of methoxy groups -OCH3 is 1. The van der Waals surface area contributed by atoms with Gasteiger partial charge in [0.05, 0.1) is 19.3 Å². The minimum absolute atomic E-state index is 0.156. The lowest BCUT2D eigenvalue weighted by atomic mass is 10.2. The van der Waals surface area contributed by atoms with E-state index in [1.807, 2.05) is 13.0 Å². The lowest BCUT2D eigenvalue weighted by molar-refractivity contribution is -0.117. The van der Waals surface area contributed by atoms with E-state index in [4.69, 9.17) is 16.3 Å². The van der Waals surface area contributed by atoms with Crippen LogP contribution < -0.4 is 5.32 Å². The maximum Gasteiger partial charge on any atom is 0.238 e. The van der Waals surface area contributed by atoms with Crippen molar-refractivity contribution in [3.8, 4) is 0 Å². The number of halogens is 1. The van der Waals surface area contributed by atoms with E-state index in [0.717, 1.165) is 5.56 Å². The molecule has 0 heterocycles. The van der Waals surface area contributed by atoms with Gasteiger partial charge < -0.3 is 15.2 Å². The summed E-state index contributed by atoms with van der Waals surface area (Å²) in [5.74, 6) is -0.156. The Labute approximate surface area is 124 Å². The van der Waals surface area contributed by atoms with Crippen LogP contribution in [0.25, 0.3) is 0 Å². The standard InChI is InChI=1S/C14H21ClN2O3/c1-10-4-5-11(6-13(10)15)16-14(19)8-17(2)7-12(18)9-20-3/h4-6,12,18H,7-9H2,1-3H3,(H,16,19). The molecule has 6 heteroatoms. The van der Waals surface area contributed by atoms with Gasteiger partial charge >= 0.3 is 0 Å². The summed E-state index contributed by atoms with van der Waals surface area (Å²) in [6.07, 6.45) is -0.605. The molecule has 0 aliphatic carbocycles. The van der Waals surface area contributed by atoms with Gasteiger partial charge in [-0.2, -0.15) is 0 Å². The van der Waals surface area contributed by atoms with Crippen LogP contribution in [-0.2, 0) is 9.53 Å². The van der Waals surface area contributed by atoms with Crippen LogP contribution in [0.1, 0.15) is 5.56 Å². The summed E-state index contributed by atoms with van der Waals surface area (Å²) in [6.45, 7) is 2.71. The van der Waals surface area contributed by atoms with Crippen LogP contribution in [0.15, 0.2) is 18.2 Å². The number of ether oxygens (including phenoxy) is 1. The third-order valence-corrected chi connectivity index (χ3v) is 3.16. The molecule has 0 bridgehead atoms. The number of amides is 1. The molecule has 1 aromatic carbocycles. The van der Waals surface area contributed by atoms with Gasteiger partial charge in [-0.25, -0.2) is 0 Å². The van der Waals surface area contributed by atoms with Crippen molar-refractivity contribution >= 4 is 23.2 Å². The highest BCUT2D eigenvalue weighted by Gasteiger charge is 2.11. The van der Waals surface area contributed by atoms with E-state index in [1.54, 1.807) is 24.1 Å². The van der Waals surface area contributed by atoms with Gasteiger partial charge in [0.25, 0.3) is 0 Å². The molecule has 20 heavy (non-hydrogen) atoms. The maximum absolute atomic E-state index is 11.8. The molecule has 0 radical (unpaired) electrons. The fourth-order valence-electron chi connectivity index (χ4n) is 1.79. The molecular formula is C14H21ClN2O3. The van der Waals surface area contributed by atoms with Gasteiger partial charge in [-0.1, -0.05) is 17.7 Å². The molecule has 1 unspecified atom stereocenters. The second-order valence-corrected chi connectivity index (χ2v) is 5.23. The third kappa shape index (κ3) is 5.88. The molecule has 0 saturated carbocycles. The summed E-state index contributed by atoms with van der Waals surface area (Å²) < 4.78 is 4.84. The number of nitrogens with one attached hydrogen (secondary N) is 1. The van der Waals surface area contributed by atoms with Crippen molar-refractivity contribution in [1.29, 1.82) is 0 Å². The number of hydrogen-bond acceptors (Lipinski definition) is 4. The predicted molar refractivity (Wildman–Crippen MR) is 80.2 cm³/mol. The van der Waals surface area contributed by atoms with Crippen molar-refractivity contribution in [2.75, 3.05) is 39.2 Å². The number of anilines is 1. The summed E-state index contributed by atoms with van der Waals surface area (Å²) in [5, 5.41) is 13.0. The highest BCUT2D eigenvalue weighted by molar-refractivity contribution is 6.31. The summed E-state index contributed by atoms with van der Waals surface area (Å²) in [5.41, 5.74) is 1.63. The molecule has 2 N–H and O–H groups in total. The van der Waals surface area contributed by atoms with Gasteiger partial charge in [-0.15, -0.1) is 0 Å². The molecule has 1 atom stereocenters. The monoisotopic (exact) mass is 300 g/mol. The molecule has 0 spiro atoms. The number of carbonyl (C=O) groups is 1. The van der Waals surface area contributed by atoms with E-state index in [9.17, 15) is 9.90 Å². The average Bonchev–Trinajstić information content (AvgIpc) is 2.33. The van der Waals surface area contributed by atoms with E-state index in [2.05, 4.69) is 5.32 Å². The Kier molecular flexibility index (Phi) is 6.95. The predicted octanol–water partition coefficient (Wildman–Crippen LogP) is 1.53. The lowest BCUT2D eigenvalue weighted by Gasteiger charge is -2.19. The fourth-order valence-corrected chi connectivity index (χ4v) is 1.97. The van der Waals surface area contributed by atoms with E-state index >= 15 is 0 Å². The Morgan fingerprint density at radius 1 is 1.55 bits per heavy atom. The minimum Gasteiger partial charge on any atom is -0.389 e. The van der Waals surface area contributed by atoms with Crippen LogP contribution in [0, 0.1) is 6.92 Å². The molecule has 0 aliphatic rings. The third-order valence-electron chi connectivity index (χ3n) is 2.75. The first-order chi connectivity index (χ1) is 9.42. The zero-order chi connectivity index (χ0) is 15.1. The second kappa shape index (κ2) is 8.21. The molecule has 1 rings (SSSR count). The number of aliphatic hydroxyl groups is 1. The van der Waals surface area contributed by atoms with Crippen LogP contribution in [0.3, 0.4) is 0 Å². The van der Waals surface area contributed by atoms with Crippen LogP contribution in [0.4, 0.5) is 5.69 Å². The smallest absolute Gasteiger partial charge is 0.238 e.